The van der Waals surface area contributed by atoms with E-state index in [9.17, 15) is 0 Å². The quantitative estimate of drug-likeness (QED) is 0.377. The molecule has 3 rings (SSSR count). The summed E-state index contributed by atoms with van der Waals surface area (Å²) in [5, 5.41) is 7.27. The molecule has 1 N–H and O–H groups in total. The van der Waals surface area contributed by atoms with E-state index < -0.39 is 0 Å². The van der Waals surface area contributed by atoms with Crippen LogP contribution in [-0.4, -0.2) is 65.2 Å². The van der Waals surface area contributed by atoms with Gasteiger partial charge in [0.25, 0.3) is 0 Å². The van der Waals surface area contributed by atoms with Gasteiger partial charge in [0.05, 0.1) is 0 Å². The number of aromatic nitrogens is 2. The second-order valence-corrected chi connectivity index (χ2v) is 6.50. The lowest BCUT2D eigenvalue weighted by Crippen LogP contribution is -2.52. The van der Waals surface area contributed by atoms with Crippen molar-refractivity contribution in [1.29, 1.82) is 0 Å². The zero-order valence-corrected chi connectivity index (χ0v) is 18.9. The van der Waals surface area contributed by atoms with Gasteiger partial charge >= 0.3 is 0 Å². The molecule has 2 heterocycles. The molecule has 2 aromatic rings. The molecular weight excluding hydrogens is 467 g/mol. The van der Waals surface area contributed by atoms with Crippen LogP contribution in [-0.2, 0) is 6.54 Å². The predicted molar refractivity (Wildman–Crippen MR) is 123 cm³/mol. The zero-order valence-electron chi connectivity index (χ0n) is 16.5. The molecule has 0 amide bonds. The van der Waals surface area contributed by atoms with E-state index in [2.05, 4.69) is 73.6 Å². The van der Waals surface area contributed by atoms with Gasteiger partial charge in [-0.1, -0.05) is 47.6 Å². The Kier molecular flexibility index (Phi) is 9.42. The number of aryl methyl sites for hydroxylation is 1. The van der Waals surface area contributed by atoms with Gasteiger partial charge in [-0.2, -0.15) is 4.98 Å². The summed E-state index contributed by atoms with van der Waals surface area (Å²) >= 11 is 0. The lowest BCUT2D eigenvalue weighted by molar-refractivity contribution is 0.194. The second-order valence-electron chi connectivity index (χ2n) is 6.50. The molecule has 0 aliphatic carbocycles. The van der Waals surface area contributed by atoms with Gasteiger partial charge in [-0.3, -0.25) is 4.90 Å². The van der Waals surface area contributed by atoms with Crippen LogP contribution >= 0.6 is 24.0 Å². The Bertz CT molecular complexity index is 753. The summed E-state index contributed by atoms with van der Waals surface area (Å²) in [7, 11) is 0. The van der Waals surface area contributed by atoms with Crippen molar-refractivity contribution >= 4 is 36.0 Å². The second kappa shape index (κ2) is 11.8. The Morgan fingerprint density at radius 2 is 1.96 bits per heavy atom. The summed E-state index contributed by atoms with van der Waals surface area (Å²) in [4.78, 5) is 13.6. The van der Waals surface area contributed by atoms with Gasteiger partial charge in [-0.05, 0) is 12.5 Å². The first-order valence-electron chi connectivity index (χ1n) is 9.51. The molecule has 152 valence electrons. The number of rotatable bonds is 6. The molecule has 8 heteroatoms. The summed E-state index contributed by atoms with van der Waals surface area (Å²) in [6.07, 6.45) is 4.42. The molecule has 0 saturated carbocycles. The summed E-state index contributed by atoms with van der Waals surface area (Å²) in [5.74, 6) is 2.11. The minimum Gasteiger partial charge on any atom is -0.357 e. The minimum atomic E-state index is 0. The Morgan fingerprint density at radius 1 is 1.21 bits per heavy atom. The molecule has 7 nitrogen and oxygen atoms in total. The van der Waals surface area contributed by atoms with Crippen LogP contribution in [0.5, 0.6) is 0 Å². The first-order chi connectivity index (χ1) is 13.2. The van der Waals surface area contributed by atoms with Gasteiger partial charge in [0, 0.05) is 46.2 Å². The van der Waals surface area contributed by atoms with Gasteiger partial charge < -0.3 is 14.7 Å². The topological polar surface area (TPSA) is 69.8 Å². The third kappa shape index (κ3) is 6.90. The summed E-state index contributed by atoms with van der Waals surface area (Å²) in [5.41, 5.74) is 1.24. The van der Waals surface area contributed by atoms with E-state index >= 15 is 0 Å². The van der Waals surface area contributed by atoms with Gasteiger partial charge in [0.1, 0.15) is 6.54 Å². The number of hydrogen-bond donors (Lipinski definition) is 1. The fourth-order valence-electron chi connectivity index (χ4n) is 3.02. The smallest absolute Gasteiger partial charge is 0.223 e. The van der Waals surface area contributed by atoms with E-state index in [0.29, 0.717) is 18.3 Å². The van der Waals surface area contributed by atoms with Crippen LogP contribution in [0.15, 0.2) is 45.9 Å². The average Bonchev–Trinajstić information content (AvgIpc) is 3.12. The Morgan fingerprint density at radius 3 is 2.61 bits per heavy atom. The molecule has 0 bridgehead atoms. The van der Waals surface area contributed by atoms with Crippen molar-refractivity contribution in [3.05, 3.63) is 53.7 Å². The fraction of sp³-hybridized carbons (Fsp3) is 0.450. The summed E-state index contributed by atoms with van der Waals surface area (Å²) < 4.78 is 5.01. The van der Waals surface area contributed by atoms with E-state index in [4.69, 9.17) is 4.52 Å². The molecular formula is C20H29IN6O. The fourth-order valence-corrected chi connectivity index (χ4v) is 3.02. The van der Waals surface area contributed by atoms with Gasteiger partial charge in [-0.15, -0.1) is 24.0 Å². The van der Waals surface area contributed by atoms with Crippen LogP contribution in [0.1, 0.15) is 24.2 Å². The third-order valence-electron chi connectivity index (χ3n) is 4.42. The van der Waals surface area contributed by atoms with Gasteiger partial charge in [0.15, 0.2) is 11.8 Å². The van der Waals surface area contributed by atoms with E-state index in [0.717, 1.165) is 45.2 Å². The molecule has 1 aliphatic heterocycles. The van der Waals surface area contributed by atoms with Crippen molar-refractivity contribution in [2.45, 2.75) is 20.4 Å². The third-order valence-corrected chi connectivity index (χ3v) is 4.42. The number of aliphatic imine (C=N–C) groups is 1. The van der Waals surface area contributed by atoms with Crippen molar-refractivity contribution in [2.24, 2.45) is 4.99 Å². The minimum absolute atomic E-state index is 0. The zero-order chi connectivity index (χ0) is 18.9. The standard InChI is InChI=1S/C20H28N6O.HI/c1-3-21-20(22-16-19-23-17(2)27-24-19)26-14-12-25(13-15-26)11-7-10-18-8-5-4-6-9-18;/h4-10H,3,11-16H2,1-2H3,(H,21,22);1H. The van der Waals surface area contributed by atoms with Crippen LogP contribution in [0, 0.1) is 6.92 Å². The highest BCUT2D eigenvalue weighted by Gasteiger charge is 2.18. The van der Waals surface area contributed by atoms with Crippen molar-refractivity contribution in [3.8, 4) is 0 Å². The number of piperazine rings is 1. The van der Waals surface area contributed by atoms with E-state index in [1.165, 1.54) is 5.56 Å². The SMILES string of the molecule is CCNC(=NCc1noc(C)n1)N1CCN(CC=Cc2ccccc2)CC1.I. The molecule has 0 atom stereocenters. The Labute approximate surface area is 183 Å². The van der Waals surface area contributed by atoms with Crippen molar-refractivity contribution in [2.75, 3.05) is 39.3 Å². The van der Waals surface area contributed by atoms with Crippen LogP contribution in [0.2, 0.25) is 0 Å². The number of nitrogens with zero attached hydrogens (tertiary/aromatic N) is 5. The highest BCUT2D eigenvalue weighted by atomic mass is 127. The lowest BCUT2D eigenvalue weighted by atomic mass is 10.2. The highest BCUT2D eigenvalue weighted by molar-refractivity contribution is 14.0. The molecule has 1 aromatic heterocycles. The van der Waals surface area contributed by atoms with E-state index in [1.54, 1.807) is 6.92 Å². The molecule has 28 heavy (non-hydrogen) atoms. The van der Waals surface area contributed by atoms with Crippen molar-refractivity contribution < 1.29 is 4.52 Å². The maximum atomic E-state index is 5.01. The van der Waals surface area contributed by atoms with Crippen molar-refractivity contribution in [1.82, 2.24) is 25.3 Å². The van der Waals surface area contributed by atoms with Crippen LogP contribution in [0.3, 0.4) is 0 Å². The highest BCUT2D eigenvalue weighted by Crippen LogP contribution is 2.06. The average molecular weight is 496 g/mol. The molecule has 1 aliphatic rings. The van der Waals surface area contributed by atoms with Gasteiger partial charge in [-0.25, -0.2) is 4.99 Å². The largest absolute Gasteiger partial charge is 0.357 e. The van der Waals surface area contributed by atoms with Crippen LogP contribution in [0.4, 0.5) is 0 Å². The first kappa shape index (κ1) is 22.4. The summed E-state index contributed by atoms with van der Waals surface area (Å²) in [6.45, 7) is 10.1. The number of halogens is 1. The first-order valence-corrected chi connectivity index (χ1v) is 9.51. The van der Waals surface area contributed by atoms with E-state index in [1.807, 2.05) is 6.07 Å². The number of guanidine groups is 1. The van der Waals surface area contributed by atoms with E-state index in [-0.39, 0.29) is 24.0 Å². The Hall–Kier alpha value is -1.94. The van der Waals surface area contributed by atoms with Crippen molar-refractivity contribution in [3.63, 3.8) is 0 Å². The normalized spacial score (nSPS) is 15.6. The lowest BCUT2D eigenvalue weighted by Gasteiger charge is -2.36. The number of nitrogens with one attached hydrogen (secondary N) is 1. The predicted octanol–water partition coefficient (Wildman–Crippen LogP) is 2.79. The Balaban J connectivity index is 0.00000280. The summed E-state index contributed by atoms with van der Waals surface area (Å²) in [6, 6.07) is 10.4. The van der Waals surface area contributed by atoms with Crippen LogP contribution in [0.25, 0.3) is 6.08 Å². The molecule has 1 fully saturated rings. The molecule has 0 unspecified atom stereocenters. The maximum Gasteiger partial charge on any atom is 0.223 e. The molecule has 0 radical (unpaired) electrons. The maximum absolute atomic E-state index is 5.01. The molecule has 1 saturated heterocycles. The van der Waals surface area contributed by atoms with Gasteiger partial charge in [0.2, 0.25) is 5.89 Å². The monoisotopic (exact) mass is 496 g/mol. The molecule has 0 spiro atoms. The molecule has 1 aromatic carbocycles. The van der Waals surface area contributed by atoms with Crippen LogP contribution < -0.4 is 5.32 Å². The number of hydrogen-bond acceptors (Lipinski definition) is 5. The number of benzene rings is 1.